The molecular weight excluding hydrogens is 154 g/mol. The molecule has 1 N–H and O–H groups in total. The summed E-state index contributed by atoms with van der Waals surface area (Å²) in [5, 5.41) is 3.17. The Morgan fingerprint density at radius 1 is 1.27 bits per heavy atom. The summed E-state index contributed by atoms with van der Waals surface area (Å²) in [7, 11) is 2.01. The Bertz CT molecular complexity index is 91.6. The van der Waals surface area contributed by atoms with E-state index in [0.717, 1.165) is 6.54 Å². The fourth-order valence-corrected chi connectivity index (χ4v) is 1.30. The minimum Gasteiger partial charge on any atom is -0.320 e. The van der Waals surface area contributed by atoms with E-state index in [1.54, 1.807) is 0 Å². The third-order valence-electron chi connectivity index (χ3n) is 2.01. The quantitative estimate of drug-likeness (QED) is 0.623. The molecule has 0 aliphatic carbocycles. The van der Waals surface area contributed by atoms with Crippen LogP contribution in [0.2, 0.25) is 0 Å². The molecule has 0 aliphatic heterocycles. The standard InChI is InChI=1S/C9H21NS/c1-9(2,11-4)7-5-6-8-10-3/h10H,5-8H2,1-4H3. The first-order chi connectivity index (χ1) is 5.12. The zero-order valence-corrected chi connectivity index (χ0v) is 9.05. The summed E-state index contributed by atoms with van der Waals surface area (Å²) in [6.45, 7) is 5.79. The number of unbranched alkanes of at least 4 members (excludes halogenated alkanes) is 1. The van der Waals surface area contributed by atoms with Gasteiger partial charge in [-0.1, -0.05) is 20.3 Å². The summed E-state index contributed by atoms with van der Waals surface area (Å²) in [5.41, 5.74) is 0. The summed E-state index contributed by atoms with van der Waals surface area (Å²) in [6, 6.07) is 0. The summed E-state index contributed by atoms with van der Waals surface area (Å²) in [6.07, 6.45) is 6.17. The Hall–Kier alpha value is 0.310. The molecule has 2 heteroatoms. The average molecular weight is 175 g/mol. The SMILES string of the molecule is CNCCCCC(C)(C)SC. The van der Waals surface area contributed by atoms with Gasteiger partial charge in [-0.3, -0.25) is 0 Å². The molecule has 0 atom stereocenters. The molecule has 0 saturated heterocycles. The Labute approximate surface area is 75.3 Å². The maximum Gasteiger partial charge on any atom is 0.0101 e. The molecular formula is C9H21NS. The monoisotopic (exact) mass is 175 g/mol. The lowest BCUT2D eigenvalue weighted by Gasteiger charge is -2.21. The molecule has 0 heterocycles. The smallest absolute Gasteiger partial charge is 0.0101 e. The second-order valence-corrected chi connectivity index (χ2v) is 5.04. The van der Waals surface area contributed by atoms with Crippen molar-refractivity contribution in [3.05, 3.63) is 0 Å². The molecule has 0 aliphatic rings. The van der Waals surface area contributed by atoms with Gasteiger partial charge in [-0.2, -0.15) is 11.8 Å². The Kier molecular flexibility index (Phi) is 6.06. The lowest BCUT2D eigenvalue weighted by Crippen LogP contribution is -2.15. The molecule has 0 aromatic rings. The lowest BCUT2D eigenvalue weighted by atomic mass is 10.1. The van der Waals surface area contributed by atoms with Gasteiger partial charge in [0.1, 0.15) is 0 Å². The van der Waals surface area contributed by atoms with Crippen molar-refractivity contribution >= 4 is 11.8 Å². The predicted octanol–water partition coefficient (Wildman–Crippen LogP) is 2.52. The molecule has 0 saturated carbocycles. The predicted molar refractivity (Wildman–Crippen MR) is 55.4 cm³/mol. The van der Waals surface area contributed by atoms with Gasteiger partial charge in [0.2, 0.25) is 0 Å². The number of hydrogen-bond acceptors (Lipinski definition) is 2. The van der Waals surface area contributed by atoms with Crippen LogP contribution in [0, 0.1) is 0 Å². The van der Waals surface area contributed by atoms with Crippen LogP contribution in [-0.4, -0.2) is 24.6 Å². The normalized spacial score (nSPS) is 12.0. The number of hydrogen-bond donors (Lipinski definition) is 1. The second-order valence-electron chi connectivity index (χ2n) is 3.52. The highest BCUT2D eigenvalue weighted by Gasteiger charge is 2.14. The molecule has 0 aromatic heterocycles. The van der Waals surface area contributed by atoms with Crippen LogP contribution < -0.4 is 5.32 Å². The fourth-order valence-electron chi connectivity index (χ4n) is 0.955. The molecule has 0 unspecified atom stereocenters. The van der Waals surface area contributed by atoms with Crippen molar-refractivity contribution in [3.63, 3.8) is 0 Å². The molecule has 68 valence electrons. The first kappa shape index (κ1) is 11.3. The topological polar surface area (TPSA) is 12.0 Å². The van der Waals surface area contributed by atoms with E-state index in [0.29, 0.717) is 4.75 Å². The third kappa shape index (κ3) is 6.70. The van der Waals surface area contributed by atoms with Crippen LogP contribution >= 0.6 is 11.8 Å². The van der Waals surface area contributed by atoms with Crippen LogP contribution in [0.25, 0.3) is 0 Å². The summed E-state index contributed by atoms with van der Waals surface area (Å²) in [5.74, 6) is 0. The maximum atomic E-state index is 3.17. The Morgan fingerprint density at radius 2 is 1.91 bits per heavy atom. The number of rotatable bonds is 6. The molecule has 0 radical (unpaired) electrons. The number of thioether (sulfide) groups is 1. The average Bonchev–Trinajstić information content (AvgIpc) is 1.99. The van der Waals surface area contributed by atoms with E-state index in [1.807, 2.05) is 18.8 Å². The lowest BCUT2D eigenvalue weighted by molar-refractivity contribution is 0.567. The Balaban J connectivity index is 3.23. The van der Waals surface area contributed by atoms with Crippen molar-refractivity contribution in [2.75, 3.05) is 19.8 Å². The van der Waals surface area contributed by atoms with Crippen molar-refractivity contribution in [2.45, 2.75) is 37.9 Å². The van der Waals surface area contributed by atoms with E-state index in [4.69, 9.17) is 0 Å². The molecule has 0 amide bonds. The highest BCUT2D eigenvalue weighted by molar-refractivity contribution is 7.99. The first-order valence-corrected chi connectivity index (χ1v) is 5.54. The van der Waals surface area contributed by atoms with Gasteiger partial charge in [0, 0.05) is 4.75 Å². The highest BCUT2D eigenvalue weighted by atomic mass is 32.2. The molecule has 0 spiro atoms. The summed E-state index contributed by atoms with van der Waals surface area (Å²) in [4.78, 5) is 0. The van der Waals surface area contributed by atoms with E-state index in [1.165, 1.54) is 19.3 Å². The zero-order chi connectivity index (χ0) is 8.74. The van der Waals surface area contributed by atoms with Crippen molar-refractivity contribution in [3.8, 4) is 0 Å². The first-order valence-electron chi connectivity index (χ1n) is 4.32. The molecule has 0 aromatic carbocycles. The van der Waals surface area contributed by atoms with E-state index in [9.17, 15) is 0 Å². The van der Waals surface area contributed by atoms with E-state index >= 15 is 0 Å². The van der Waals surface area contributed by atoms with Crippen LogP contribution in [0.5, 0.6) is 0 Å². The Morgan fingerprint density at radius 3 is 2.36 bits per heavy atom. The van der Waals surface area contributed by atoms with Crippen LogP contribution in [-0.2, 0) is 0 Å². The van der Waals surface area contributed by atoms with Crippen molar-refractivity contribution in [1.29, 1.82) is 0 Å². The molecule has 0 fully saturated rings. The van der Waals surface area contributed by atoms with Gasteiger partial charge < -0.3 is 5.32 Å². The van der Waals surface area contributed by atoms with Crippen molar-refractivity contribution in [2.24, 2.45) is 0 Å². The highest BCUT2D eigenvalue weighted by Crippen LogP contribution is 2.26. The largest absolute Gasteiger partial charge is 0.320 e. The van der Waals surface area contributed by atoms with Gasteiger partial charge >= 0.3 is 0 Å². The summed E-state index contributed by atoms with van der Waals surface area (Å²) >= 11 is 1.96. The van der Waals surface area contributed by atoms with E-state index < -0.39 is 0 Å². The van der Waals surface area contributed by atoms with Gasteiger partial charge in [0.15, 0.2) is 0 Å². The number of nitrogens with one attached hydrogen (secondary N) is 1. The van der Waals surface area contributed by atoms with Gasteiger partial charge in [-0.15, -0.1) is 0 Å². The van der Waals surface area contributed by atoms with Crippen LogP contribution in [0.4, 0.5) is 0 Å². The van der Waals surface area contributed by atoms with Crippen LogP contribution in [0.3, 0.4) is 0 Å². The molecule has 0 bridgehead atoms. The van der Waals surface area contributed by atoms with Crippen LogP contribution in [0.15, 0.2) is 0 Å². The maximum absolute atomic E-state index is 3.17. The van der Waals surface area contributed by atoms with Crippen molar-refractivity contribution in [1.82, 2.24) is 5.32 Å². The summed E-state index contributed by atoms with van der Waals surface area (Å²) < 4.78 is 0.480. The second kappa shape index (κ2) is 5.90. The fraction of sp³-hybridized carbons (Fsp3) is 1.00. The van der Waals surface area contributed by atoms with Crippen molar-refractivity contribution < 1.29 is 0 Å². The van der Waals surface area contributed by atoms with Gasteiger partial charge in [-0.25, -0.2) is 0 Å². The molecule has 0 rings (SSSR count). The van der Waals surface area contributed by atoms with Gasteiger partial charge in [0.25, 0.3) is 0 Å². The van der Waals surface area contributed by atoms with Gasteiger partial charge in [-0.05, 0) is 32.7 Å². The van der Waals surface area contributed by atoms with Gasteiger partial charge in [0.05, 0.1) is 0 Å². The van der Waals surface area contributed by atoms with E-state index in [2.05, 4.69) is 25.4 Å². The molecule has 11 heavy (non-hydrogen) atoms. The minimum atomic E-state index is 0.480. The van der Waals surface area contributed by atoms with E-state index in [-0.39, 0.29) is 0 Å². The van der Waals surface area contributed by atoms with Crippen LogP contribution in [0.1, 0.15) is 33.1 Å². The zero-order valence-electron chi connectivity index (χ0n) is 8.24. The molecule has 1 nitrogen and oxygen atoms in total. The minimum absolute atomic E-state index is 0.480. The third-order valence-corrected chi connectivity index (χ3v) is 3.32.